The number of imidazole rings is 1. The lowest BCUT2D eigenvalue weighted by Gasteiger charge is -2.14. The van der Waals surface area contributed by atoms with Gasteiger partial charge < -0.3 is 14.6 Å². The summed E-state index contributed by atoms with van der Waals surface area (Å²) in [6.07, 6.45) is 4.22. The first-order valence-corrected chi connectivity index (χ1v) is 5.09. The second-order valence-electron chi connectivity index (χ2n) is 4.01. The van der Waals surface area contributed by atoms with Crippen LogP contribution in [0.15, 0.2) is 12.5 Å². The van der Waals surface area contributed by atoms with Gasteiger partial charge in [-0.05, 0) is 6.42 Å². The molecule has 1 unspecified atom stereocenters. The largest absolute Gasteiger partial charge is 0.396 e. The van der Waals surface area contributed by atoms with Gasteiger partial charge in [0.2, 0.25) is 0 Å². The van der Waals surface area contributed by atoms with Crippen LogP contribution in [0, 0.1) is 5.92 Å². The van der Waals surface area contributed by atoms with Gasteiger partial charge in [-0.3, -0.25) is 4.79 Å². The number of aliphatic hydroxyl groups is 1. The van der Waals surface area contributed by atoms with Crippen molar-refractivity contribution in [2.24, 2.45) is 13.0 Å². The highest BCUT2D eigenvalue weighted by atomic mass is 16.3. The summed E-state index contributed by atoms with van der Waals surface area (Å²) in [5.74, 6) is 0.198. The van der Waals surface area contributed by atoms with Crippen LogP contribution in [0.3, 0.4) is 0 Å². The number of amides is 1. The molecule has 0 aromatic carbocycles. The maximum absolute atomic E-state index is 11.9. The van der Waals surface area contributed by atoms with Crippen LogP contribution >= 0.6 is 0 Å². The fourth-order valence-electron chi connectivity index (χ4n) is 1.85. The zero-order chi connectivity index (χ0) is 10.8. The smallest absolute Gasteiger partial charge is 0.274 e. The molecule has 0 spiro atoms. The molecule has 82 valence electrons. The lowest BCUT2D eigenvalue weighted by atomic mass is 10.1. The molecule has 1 aromatic heterocycles. The van der Waals surface area contributed by atoms with Crippen molar-refractivity contribution in [3.8, 4) is 0 Å². The van der Waals surface area contributed by atoms with Crippen molar-refractivity contribution in [1.29, 1.82) is 0 Å². The predicted molar refractivity (Wildman–Crippen MR) is 54.3 cm³/mol. The Morgan fingerprint density at radius 2 is 2.53 bits per heavy atom. The topological polar surface area (TPSA) is 58.4 Å². The van der Waals surface area contributed by atoms with Gasteiger partial charge in [-0.1, -0.05) is 0 Å². The molecule has 1 aromatic rings. The average molecular weight is 209 g/mol. The monoisotopic (exact) mass is 209 g/mol. The summed E-state index contributed by atoms with van der Waals surface area (Å²) in [5.41, 5.74) is 0.482. The molecular formula is C10H15N3O2. The number of nitrogens with zero attached hydrogens (tertiary/aromatic N) is 3. The summed E-state index contributed by atoms with van der Waals surface area (Å²) < 4.78 is 1.76. The van der Waals surface area contributed by atoms with Crippen molar-refractivity contribution < 1.29 is 9.90 Å². The van der Waals surface area contributed by atoms with E-state index in [9.17, 15) is 4.79 Å². The quantitative estimate of drug-likeness (QED) is 0.738. The number of rotatable bonds is 2. The number of aliphatic hydroxyl groups excluding tert-OH is 1. The van der Waals surface area contributed by atoms with Gasteiger partial charge in [-0.15, -0.1) is 0 Å². The van der Waals surface area contributed by atoms with Crippen LogP contribution in [0.1, 0.15) is 16.9 Å². The molecule has 5 nitrogen and oxygen atoms in total. The van der Waals surface area contributed by atoms with E-state index >= 15 is 0 Å². The van der Waals surface area contributed by atoms with Gasteiger partial charge >= 0.3 is 0 Å². The predicted octanol–water partition coefficient (Wildman–Crippen LogP) is -0.125. The second kappa shape index (κ2) is 4.02. The zero-order valence-electron chi connectivity index (χ0n) is 8.76. The molecule has 1 aliphatic heterocycles. The summed E-state index contributed by atoms with van der Waals surface area (Å²) >= 11 is 0. The van der Waals surface area contributed by atoms with Crippen LogP contribution < -0.4 is 0 Å². The van der Waals surface area contributed by atoms with Gasteiger partial charge in [0.1, 0.15) is 5.69 Å². The third kappa shape index (κ3) is 2.02. The van der Waals surface area contributed by atoms with E-state index in [1.165, 1.54) is 0 Å². The summed E-state index contributed by atoms with van der Waals surface area (Å²) in [5, 5.41) is 8.98. The Kier molecular flexibility index (Phi) is 2.73. The van der Waals surface area contributed by atoms with Crippen molar-refractivity contribution in [2.45, 2.75) is 6.42 Å². The number of aryl methyl sites for hydroxylation is 1. The van der Waals surface area contributed by atoms with E-state index in [1.54, 1.807) is 22.0 Å². The fraction of sp³-hybridized carbons (Fsp3) is 0.600. The highest BCUT2D eigenvalue weighted by molar-refractivity contribution is 5.92. The van der Waals surface area contributed by atoms with E-state index < -0.39 is 0 Å². The maximum Gasteiger partial charge on any atom is 0.274 e. The number of hydrogen-bond donors (Lipinski definition) is 1. The van der Waals surface area contributed by atoms with Gasteiger partial charge in [0.05, 0.1) is 6.33 Å². The maximum atomic E-state index is 11.9. The van der Waals surface area contributed by atoms with E-state index in [0.717, 1.165) is 13.0 Å². The molecule has 1 N–H and O–H groups in total. The first kappa shape index (κ1) is 10.2. The van der Waals surface area contributed by atoms with Crippen LogP contribution in [0.2, 0.25) is 0 Å². The highest BCUT2D eigenvalue weighted by Gasteiger charge is 2.27. The first-order valence-electron chi connectivity index (χ1n) is 5.09. The van der Waals surface area contributed by atoms with E-state index in [2.05, 4.69) is 4.98 Å². The molecule has 0 radical (unpaired) electrons. The number of hydrogen-bond acceptors (Lipinski definition) is 3. The number of carbonyl (C=O) groups excluding carboxylic acids is 1. The van der Waals surface area contributed by atoms with Crippen LogP contribution in [-0.4, -0.2) is 45.2 Å². The van der Waals surface area contributed by atoms with Crippen molar-refractivity contribution >= 4 is 5.91 Å². The Labute approximate surface area is 88.3 Å². The third-order valence-electron chi connectivity index (χ3n) is 2.76. The molecule has 1 aliphatic rings. The fourth-order valence-corrected chi connectivity index (χ4v) is 1.85. The van der Waals surface area contributed by atoms with Crippen LogP contribution in [-0.2, 0) is 7.05 Å². The SMILES string of the molecule is Cn1cnc(C(=O)N2CCC(CO)C2)c1. The van der Waals surface area contributed by atoms with E-state index in [1.807, 2.05) is 7.05 Å². The number of carbonyl (C=O) groups is 1. The van der Waals surface area contributed by atoms with Crippen LogP contribution in [0.4, 0.5) is 0 Å². The summed E-state index contributed by atoms with van der Waals surface area (Å²) in [6, 6.07) is 0. The Morgan fingerprint density at radius 1 is 1.73 bits per heavy atom. The van der Waals surface area contributed by atoms with Crippen molar-refractivity contribution in [1.82, 2.24) is 14.5 Å². The molecule has 15 heavy (non-hydrogen) atoms. The minimum absolute atomic E-state index is 0.0356. The van der Waals surface area contributed by atoms with Crippen molar-refractivity contribution in [3.63, 3.8) is 0 Å². The van der Waals surface area contributed by atoms with Gasteiger partial charge in [-0.25, -0.2) is 4.98 Å². The molecule has 2 rings (SSSR count). The minimum atomic E-state index is -0.0356. The lowest BCUT2D eigenvalue weighted by Crippen LogP contribution is -2.29. The van der Waals surface area contributed by atoms with Crippen molar-refractivity contribution in [2.75, 3.05) is 19.7 Å². The molecule has 2 heterocycles. The minimum Gasteiger partial charge on any atom is -0.396 e. The Hall–Kier alpha value is -1.36. The number of aromatic nitrogens is 2. The molecule has 1 saturated heterocycles. The first-order chi connectivity index (χ1) is 7.20. The Balaban J connectivity index is 2.03. The molecule has 5 heteroatoms. The van der Waals surface area contributed by atoms with Crippen LogP contribution in [0.25, 0.3) is 0 Å². The van der Waals surface area contributed by atoms with Crippen molar-refractivity contribution in [3.05, 3.63) is 18.2 Å². The standard InChI is InChI=1S/C10H15N3O2/c1-12-5-9(11-7-12)10(15)13-3-2-8(4-13)6-14/h5,7-8,14H,2-4,6H2,1H3. The second-order valence-corrected chi connectivity index (χ2v) is 4.01. The normalized spacial score (nSPS) is 20.9. The Morgan fingerprint density at radius 3 is 3.07 bits per heavy atom. The molecule has 1 atom stereocenters. The third-order valence-corrected chi connectivity index (χ3v) is 2.76. The van der Waals surface area contributed by atoms with Gasteiger partial charge in [0.25, 0.3) is 5.91 Å². The summed E-state index contributed by atoms with van der Waals surface area (Å²) in [6.45, 7) is 1.53. The van der Waals surface area contributed by atoms with E-state index in [-0.39, 0.29) is 18.4 Å². The zero-order valence-corrected chi connectivity index (χ0v) is 8.76. The number of likely N-dealkylation sites (tertiary alicyclic amines) is 1. The molecular weight excluding hydrogens is 194 g/mol. The molecule has 1 fully saturated rings. The van der Waals surface area contributed by atoms with E-state index in [0.29, 0.717) is 12.2 Å². The van der Waals surface area contributed by atoms with Crippen LogP contribution in [0.5, 0.6) is 0 Å². The highest BCUT2D eigenvalue weighted by Crippen LogP contribution is 2.17. The molecule has 0 saturated carbocycles. The lowest BCUT2D eigenvalue weighted by molar-refractivity contribution is 0.0776. The van der Waals surface area contributed by atoms with Gasteiger partial charge in [0.15, 0.2) is 0 Å². The summed E-state index contributed by atoms with van der Waals surface area (Å²) in [7, 11) is 1.84. The molecule has 0 bridgehead atoms. The van der Waals surface area contributed by atoms with E-state index in [4.69, 9.17) is 5.11 Å². The molecule has 1 amide bonds. The van der Waals surface area contributed by atoms with Gasteiger partial charge in [0, 0.05) is 38.9 Å². The van der Waals surface area contributed by atoms with Gasteiger partial charge in [-0.2, -0.15) is 0 Å². The average Bonchev–Trinajstić information content (AvgIpc) is 2.84. The Bertz CT molecular complexity index is 361. The molecule has 0 aliphatic carbocycles. The summed E-state index contributed by atoms with van der Waals surface area (Å²) in [4.78, 5) is 17.7.